The standard InChI is InChI=1S/C15H23Cl2N5O2/c1-10(16)21-13-11(12(17)18)20-9-22(13)8-6-5-7-19-14(23)24-15(2,3)4/h9,18,21H,1,5-8H2,2-4H3,(H,19,23). The van der Waals surface area contributed by atoms with E-state index in [1.165, 1.54) is 0 Å². The minimum Gasteiger partial charge on any atom is -0.444 e. The summed E-state index contributed by atoms with van der Waals surface area (Å²) in [7, 11) is 0. The molecule has 0 atom stereocenters. The number of aromatic nitrogens is 2. The van der Waals surface area contributed by atoms with E-state index in [-0.39, 0.29) is 10.3 Å². The zero-order valence-corrected chi connectivity index (χ0v) is 15.6. The number of carbonyl (C=O) groups is 1. The summed E-state index contributed by atoms with van der Waals surface area (Å²) in [6.07, 6.45) is 2.69. The van der Waals surface area contributed by atoms with E-state index in [4.69, 9.17) is 33.3 Å². The first-order chi connectivity index (χ1) is 11.1. The second-order valence-corrected chi connectivity index (χ2v) is 6.95. The number of ether oxygens (including phenoxy) is 1. The molecule has 1 aromatic rings. The molecule has 0 bridgehead atoms. The Balaban J connectivity index is 2.46. The smallest absolute Gasteiger partial charge is 0.407 e. The van der Waals surface area contributed by atoms with Crippen molar-refractivity contribution in [3.8, 4) is 0 Å². The molecule has 7 nitrogen and oxygen atoms in total. The van der Waals surface area contributed by atoms with Crippen LogP contribution in [0.1, 0.15) is 39.3 Å². The monoisotopic (exact) mass is 375 g/mol. The van der Waals surface area contributed by atoms with Gasteiger partial charge in [-0.3, -0.25) is 5.41 Å². The van der Waals surface area contributed by atoms with Gasteiger partial charge in [-0.25, -0.2) is 9.78 Å². The fourth-order valence-corrected chi connectivity index (χ4v) is 2.11. The Bertz CT molecular complexity index is 607. The van der Waals surface area contributed by atoms with Crippen molar-refractivity contribution >= 4 is 40.3 Å². The summed E-state index contributed by atoms with van der Waals surface area (Å²) in [6.45, 7) is 10.1. The van der Waals surface area contributed by atoms with Crippen LogP contribution in [0.4, 0.5) is 10.6 Å². The molecule has 0 radical (unpaired) electrons. The molecule has 1 aromatic heterocycles. The zero-order chi connectivity index (χ0) is 18.3. The Hall–Kier alpha value is -1.73. The van der Waals surface area contributed by atoms with Gasteiger partial charge in [0.15, 0.2) is 5.17 Å². The van der Waals surface area contributed by atoms with Gasteiger partial charge >= 0.3 is 6.09 Å². The largest absolute Gasteiger partial charge is 0.444 e. The Morgan fingerprint density at radius 3 is 2.62 bits per heavy atom. The van der Waals surface area contributed by atoms with Crippen molar-refractivity contribution in [2.45, 2.75) is 45.8 Å². The molecule has 0 fully saturated rings. The Labute approximate surface area is 151 Å². The molecule has 24 heavy (non-hydrogen) atoms. The minimum atomic E-state index is -0.506. The highest BCUT2D eigenvalue weighted by Gasteiger charge is 2.16. The first kappa shape index (κ1) is 20.3. The molecule has 0 aromatic carbocycles. The van der Waals surface area contributed by atoms with Crippen molar-refractivity contribution < 1.29 is 9.53 Å². The molecule has 0 aliphatic rings. The summed E-state index contributed by atoms with van der Waals surface area (Å²) >= 11 is 11.5. The number of nitrogens with zero attached hydrogens (tertiary/aromatic N) is 2. The van der Waals surface area contributed by atoms with Gasteiger partial charge in [-0.1, -0.05) is 29.8 Å². The highest BCUT2D eigenvalue weighted by atomic mass is 35.5. The minimum absolute atomic E-state index is 0.180. The van der Waals surface area contributed by atoms with Crippen LogP contribution in [0.3, 0.4) is 0 Å². The molecule has 0 saturated heterocycles. The normalized spacial score (nSPS) is 11.0. The average Bonchev–Trinajstić information content (AvgIpc) is 2.78. The number of hydrogen-bond donors (Lipinski definition) is 3. The van der Waals surface area contributed by atoms with E-state index < -0.39 is 11.7 Å². The SMILES string of the molecule is C=C(Cl)Nc1c(C(=N)Cl)ncn1CCCCNC(=O)OC(C)(C)C. The van der Waals surface area contributed by atoms with Crippen molar-refractivity contribution in [3.63, 3.8) is 0 Å². The maximum Gasteiger partial charge on any atom is 0.407 e. The molecule has 3 N–H and O–H groups in total. The van der Waals surface area contributed by atoms with Crippen LogP contribution >= 0.6 is 23.2 Å². The number of alkyl carbamates (subject to hydrolysis) is 1. The highest BCUT2D eigenvalue weighted by Crippen LogP contribution is 2.20. The number of carbonyl (C=O) groups excluding carboxylic acids is 1. The lowest BCUT2D eigenvalue weighted by Crippen LogP contribution is -2.33. The molecule has 0 spiro atoms. The number of unbranched alkanes of at least 4 members (excludes halogenated alkanes) is 1. The molecule has 0 saturated carbocycles. The Morgan fingerprint density at radius 2 is 2.08 bits per heavy atom. The molecule has 1 rings (SSSR count). The second kappa shape index (κ2) is 8.94. The lowest BCUT2D eigenvalue weighted by Gasteiger charge is -2.19. The summed E-state index contributed by atoms with van der Waals surface area (Å²) in [4.78, 5) is 15.6. The summed E-state index contributed by atoms with van der Waals surface area (Å²) in [5.74, 6) is 0.523. The predicted molar refractivity (Wildman–Crippen MR) is 97.0 cm³/mol. The molecule has 134 valence electrons. The number of rotatable bonds is 8. The van der Waals surface area contributed by atoms with Crippen molar-refractivity contribution in [2.24, 2.45) is 0 Å². The van der Waals surface area contributed by atoms with Crippen LogP contribution in [0.2, 0.25) is 0 Å². The highest BCUT2D eigenvalue weighted by molar-refractivity contribution is 6.68. The zero-order valence-electron chi connectivity index (χ0n) is 14.1. The number of anilines is 1. The quantitative estimate of drug-likeness (QED) is 0.365. The topological polar surface area (TPSA) is 92.0 Å². The lowest BCUT2D eigenvalue weighted by atomic mass is 10.2. The second-order valence-electron chi connectivity index (χ2n) is 6.11. The van der Waals surface area contributed by atoms with E-state index in [0.29, 0.717) is 24.6 Å². The van der Waals surface area contributed by atoms with Crippen molar-refractivity contribution in [2.75, 3.05) is 11.9 Å². The van der Waals surface area contributed by atoms with E-state index in [0.717, 1.165) is 12.8 Å². The number of nitrogens with one attached hydrogen (secondary N) is 3. The first-order valence-electron chi connectivity index (χ1n) is 7.48. The van der Waals surface area contributed by atoms with Crippen LogP contribution < -0.4 is 10.6 Å². The van der Waals surface area contributed by atoms with Gasteiger partial charge in [0.2, 0.25) is 0 Å². The maximum absolute atomic E-state index is 11.5. The molecule has 1 heterocycles. The van der Waals surface area contributed by atoms with E-state index in [9.17, 15) is 4.79 Å². The van der Waals surface area contributed by atoms with Gasteiger partial charge in [0.05, 0.1) is 6.33 Å². The molecular weight excluding hydrogens is 353 g/mol. The third kappa shape index (κ3) is 7.23. The third-order valence-electron chi connectivity index (χ3n) is 2.79. The summed E-state index contributed by atoms with van der Waals surface area (Å²) in [6, 6.07) is 0. The fraction of sp³-hybridized carbons (Fsp3) is 0.533. The fourth-order valence-electron chi connectivity index (χ4n) is 1.88. The molecule has 0 unspecified atom stereocenters. The van der Waals surface area contributed by atoms with Gasteiger partial charge in [0.1, 0.15) is 22.3 Å². The van der Waals surface area contributed by atoms with Crippen LogP contribution in [-0.2, 0) is 11.3 Å². The summed E-state index contributed by atoms with van der Waals surface area (Å²) in [5, 5.41) is 13.1. The average molecular weight is 376 g/mol. The van der Waals surface area contributed by atoms with Gasteiger partial charge in [0.25, 0.3) is 0 Å². The van der Waals surface area contributed by atoms with Crippen molar-refractivity contribution in [3.05, 3.63) is 23.8 Å². The Morgan fingerprint density at radius 1 is 1.42 bits per heavy atom. The van der Waals surface area contributed by atoms with E-state index >= 15 is 0 Å². The van der Waals surface area contributed by atoms with Crippen molar-refractivity contribution in [1.82, 2.24) is 14.9 Å². The summed E-state index contributed by atoms with van der Waals surface area (Å²) in [5.41, 5.74) is -0.196. The van der Waals surface area contributed by atoms with Crippen molar-refractivity contribution in [1.29, 1.82) is 5.41 Å². The molecule has 0 aliphatic heterocycles. The molecule has 9 heteroatoms. The Kier molecular flexibility index (Phi) is 7.57. The lowest BCUT2D eigenvalue weighted by molar-refractivity contribution is 0.0527. The number of halogens is 2. The van der Waals surface area contributed by atoms with Crippen LogP contribution in [-0.4, -0.2) is 33.0 Å². The van der Waals surface area contributed by atoms with Crippen LogP contribution in [0.5, 0.6) is 0 Å². The van der Waals surface area contributed by atoms with E-state index in [1.54, 1.807) is 10.9 Å². The van der Waals surface area contributed by atoms with Crippen LogP contribution in [0.25, 0.3) is 0 Å². The van der Waals surface area contributed by atoms with Crippen LogP contribution in [0.15, 0.2) is 18.1 Å². The predicted octanol–water partition coefficient (Wildman–Crippen LogP) is 3.87. The third-order valence-corrected chi connectivity index (χ3v) is 3.07. The van der Waals surface area contributed by atoms with Crippen LogP contribution in [0, 0.1) is 5.41 Å². The summed E-state index contributed by atoms with van der Waals surface area (Å²) < 4.78 is 6.96. The van der Waals surface area contributed by atoms with Gasteiger partial charge in [-0.2, -0.15) is 0 Å². The molecule has 0 aliphatic carbocycles. The first-order valence-corrected chi connectivity index (χ1v) is 8.23. The van der Waals surface area contributed by atoms with Gasteiger partial charge in [0, 0.05) is 13.1 Å². The van der Waals surface area contributed by atoms with Gasteiger partial charge < -0.3 is 19.9 Å². The number of imidazole rings is 1. The van der Waals surface area contributed by atoms with Gasteiger partial charge in [-0.15, -0.1) is 0 Å². The van der Waals surface area contributed by atoms with E-state index in [1.807, 2.05) is 20.8 Å². The molecule has 1 amide bonds. The van der Waals surface area contributed by atoms with E-state index in [2.05, 4.69) is 22.2 Å². The number of amides is 1. The number of hydrogen-bond acceptors (Lipinski definition) is 5. The van der Waals surface area contributed by atoms with Gasteiger partial charge in [-0.05, 0) is 33.6 Å². The maximum atomic E-state index is 11.5. The number of aryl methyl sites for hydroxylation is 1. The molecular formula is C15H23Cl2N5O2.